The molecule has 0 unspecified atom stereocenters. The zero-order valence-corrected chi connectivity index (χ0v) is 15.2. The molecule has 1 aliphatic heterocycles. The van der Waals surface area contributed by atoms with Gasteiger partial charge in [-0.2, -0.15) is 5.10 Å². The van der Waals surface area contributed by atoms with Crippen LogP contribution in [0.25, 0.3) is 11.3 Å². The van der Waals surface area contributed by atoms with Gasteiger partial charge in [0.15, 0.2) is 10.8 Å². The van der Waals surface area contributed by atoms with Crippen molar-refractivity contribution in [2.24, 2.45) is 7.05 Å². The van der Waals surface area contributed by atoms with E-state index >= 15 is 0 Å². The second-order valence-electron chi connectivity index (χ2n) is 6.25. The van der Waals surface area contributed by atoms with Gasteiger partial charge < -0.3 is 5.32 Å². The maximum atomic E-state index is 12.4. The van der Waals surface area contributed by atoms with E-state index in [0.717, 1.165) is 34.5 Å². The van der Waals surface area contributed by atoms with E-state index in [1.165, 1.54) is 11.3 Å². The summed E-state index contributed by atoms with van der Waals surface area (Å²) in [6.45, 7) is 1.85. The molecule has 4 rings (SSSR count). The molecule has 1 aliphatic rings. The number of carbonyl (C=O) groups excluding carboxylic acids is 2. The number of amides is 2. The largest absolute Gasteiger partial charge is 0.326 e. The Morgan fingerprint density at radius 1 is 1.35 bits per heavy atom. The Balaban J connectivity index is 1.54. The number of anilines is 2. The maximum absolute atomic E-state index is 12.4. The second kappa shape index (κ2) is 6.38. The van der Waals surface area contributed by atoms with Gasteiger partial charge in [-0.25, -0.2) is 4.98 Å². The average molecular weight is 367 g/mol. The summed E-state index contributed by atoms with van der Waals surface area (Å²) in [7, 11) is 1.78. The van der Waals surface area contributed by atoms with E-state index in [2.05, 4.69) is 20.7 Å². The van der Waals surface area contributed by atoms with Crippen molar-refractivity contribution in [3.8, 4) is 11.3 Å². The van der Waals surface area contributed by atoms with Crippen LogP contribution in [0.5, 0.6) is 0 Å². The first-order valence-electron chi connectivity index (χ1n) is 8.20. The Kier molecular flexibility index (Phi) is 4.04. The Labute approximate surface area is 154 Å². The minimum atomic E-state index is -0.267. The zero-order chi connectivity index (χ0) is 18.3. The zero-order valence-electron chi connectivity index (χ0n) is 14.4. The Hall–Kier alpha value is -3.00. The fraction of sp³-hybridized carbons (Fsp3) is 0.222. The molecule has 8 heteroatoms. The lowest BCUT2D eigenvalue weighted by atomic mass is 9.99. The van der Waals surface area contributed by atoms with Crippen LogP contribution < -0.4 is 10.6 Å². The molecule has 2 N–H and O–H groups in total. The van der Waals surface area contributed by atoms with Crippen LogP contribution in [-0.4, -0.2) is 26.6 Å². The van der Waals surface area contributed by atoms with E-state index in [4.69, 9.17) is 0 Å². The summed E-state index contributed by atoms with van der Waals surface area (Å²) in [5, 5.41) is 12.3. The maximum Gasteiger partial charge on any atom is 0.278 e. The van der Waals surface area contributed by atoms with Gasteiger partial charge >= 0.3 is 0 Å². The van der Waals surface area contributed by atoms with Gasteiger partial charge in [-0.3, -0.25) is 19.6 Å². The molecule has 2 amide bonds. The highest BCUT2D eigenvalue weighted by Crippen LogP contribution is 2.30. The summed E-state index contributed by atoms with van der Waals surface area (Å²) in [6, 6.07) is 5.86. The molecule has 2 aromatic heterocycles. The third-order valence-corrected chi connectivity index (χ3v) is 5.01. The summed E-state index contributed by atoms with van der Waals surface area (Å²) in [4.78, 5) is 28.3. The molecular weight excluding hydrogens is 350 g/mol. The summed E-state index contributed by atoms with van der Waals surface area (Å²) in [5.41, 5.74) is 4.94. The van der Waals surface area contributed by atoms with Crippen LogP contribution in [0.4, 0.5) is 10.8 Å². The summed E-state index contributed by atoms with van der Waals surface area (Å²) < 4.78 is 1.61. The number of nitrogens with one attached hydrogen (secondary N) is 2. The number of aromatic nitrogens is 3. The Bertz CT molecular complexity index is 1020. The van der Waals surface area contributed by atoms with Gasteiger partial charge in [-0.15, -0.1) is 11.3 Å². The highest BCUT2D eigenvalue weighted by molar-refractivity contribution is 7.14. The van der Waals surface area contributed by atoms with Crippen molar-refractivity contribution in [2.45, 2.75) is 19.8 Å². The first-order valence-corrected chi connectivity index (χ1v) is 9.08. The molecule has 3 aromatic rings. The number of rotatable bonds is 3. The number of hydrogen-bond acceptors (Lipinski definition) is 5. The minimum Gasteiger partial charge on any atom is -0.326 e. The van der Waals surface area contributed by atoms with Crippen LogP contribution in [0.2, 0.25) is 0 Å². The van der Waals surface area contributed by atoms with Gasteiger partial charge in [-0.05, 0) is 31.0 Å². The number of aryl methyl sites for hydroxylation is 3. The second-order valence-corrected chi connectivity index (χ2v) is 7.10. The standard InChI is InChI=1S/C18H17N5O2S/c1-10-8-23(2)22-16(10)17(25)21-18-20-14(9-26-18)12-3-5-13-11(7-12)4-6-15(24)19-13/h3,5,7-9H,4,6H2,1-2H3,(H,19,24)(H,20,21,25). The molecule has 0 radical (unpaired) electrons. The number of thiazole rings is 1. The molecule has 132 valence electrons. The summed E-state index contributed by atoms with van der Waals surface area (Å²) in [6.07, 6.45) is 3.02. The smallest absolute Gasteiger partial charge is 0.278 e. The van der Waals surface area contributed by atoms with Gasteiger partial charge in [0.1, 0.15) is 0 Å². The van der Waals surface area contributed by atoms with Crippen LogP contribution >= 0.6 is 11.3 Å². The number of fused-ring (bicyclic) bond motifs is 1. The average Bonchev–Trinajstić information content (AvgIpc) is 3.20. The molecule has 0 aliphatic carbocycles. The number of benzene rings is 1. The van der Waals surface area contributed by atoms with E-state index in [0.29, 0.717) is 17.2 Å². The monoisotopic (exact) mass is 367 g/mol. The molecule has 1 aromatic carbocycles. The first kappa shape index (κ1) is 16.5. The quantitative estimate of drug-likeness (QED) is 0.745. The molecular formula is C18H17N5O2S. The predicted octanol–water partition coefficient (Wildman–Crippen LogP) is 2.99. The van der Waals surface area contributed by atoms with E-state index in [1.54, 1.807) is 17.9 Å². The van der Waals surface area contributed by atoms with Crippen LogP contribution in [0.3, 0.4) is 0 Å². The molecule has 0 fully saturated rings. The lowest BCUT2D eigenvalue weighted by Crippen LogP contribution is -2.18. The number of carbonyl (C=O) groups is 2. The van der Waals surface area contributed by atoms with Crippen LogP contribution in [0.1, 0.15) is 28.0 Å². The molecule has 7 nitrogen and oxygen atoms in total. The Morgan fingerprint density at radius 2 is 2.19 bits per heavy atom. The van der Waals surface area contributed by atoms with Crippen LogP contribution in [0, 0.1) is 6.92 Å². The van der Waals surface area contributed by atoms with Gasteiger partial charge in [0.2, 0.25) is 5.91 Å². The van der Waals surface area contributed by atoms with E-state index in [1.807, 2.05) is 30.5 Å². The fourth-order valence-corrected chi connectivity index (χ4v) is 3.71. The minimum absolute atomic E-state index is 0.0497. The van der Waals surface area contributed by atoms with E-state index < -0.39 is 0 Å². The van der Waals surface area contributed by atoms with Crippen molar-refractivity contribution in [1.82, 2.24) is 14.8 Å². The van der Waals surface area contributed by atoms with Crippen molar-refractivity contribution in [3.05, 3.63) is 46.6 Å². The van der Waals surface area contributed by atoms with E-state index in [9.17, 15) is 9.59 Å². The van der Waals surface area contributed by atoms with Crippen molar-refractivity contribution in [1.29, 1.82) is 0 Å². The Morgan fingerprint density at radius 3 is 2.96 bits per heavy atom. The highest BCUT2D eigenvalue weighted by atomic mass is 32.1. The summed E-state index contributed by atoms with van der Waals surface area (Å²) in [5.74, 6) is -0.217. The first-order chi connectivity index (χ1) is 12.5. The van der Waals surface area contributed by atoms with Crippen molar-refractivity contribution in [2.75, 3.05) is 10.6 Å². The van der Waals surface area contributed by atoms with Gasteiger partial charge in [0.25, 0.3) is 5.91 Å². The van der Waals surface area contributed by atoms with Gasteiger partial charge in [0.05, 0.1) is 5.69 Å². The van der Waals surface area contributed by atoms with Crippen molar-refractivity contribution in [3.63, 3.8) is 0 Å². The van der Waals surface area contributed by atoms with Gasteiger partial charge in [0, 0.05) is 41.9 Å². The molecule has 0 saturated carbocycles. The molecule has 3 heterocycles. The lowest BCUT2D eigenvalue weighted by Gasteiger charge is -2.17. The van der Waals surface area contributed by atoms with Gasteiger partial charge in [-0.1, -0.05) is 6.07 Å². The predicted molar refractivity (Wildman–Crippen MR) is 100 cm³/mol. The van der Waals surface area contributed by atoms with E-state index in [-0.39, 0.29) is 11.8 Å². The fourth-order valence-electron chi connectivity index (χ4n) is 2.99. The topological polar surface area (TPSA) is 88.9 Å². The third-order valence-electron chi connectivity index (χ3n) is 4.25. The van der Waals surface area contributed by atoms with Crippen LogP contribution in [0.15, 0.2) is 29.8 Å². The molecule has 0 spiro atoms. The SMILES string of the molecule is Cc1cn(C)nc1C(=O)Nc1nc(-c2ccc3c(c2)CCC(=O)N3)cs1. The molecule has 0 atom stereocenters. The van der Waals surface area contributed by atoms with Crippen molar-refractivity contribution < 1.29 is 9.59 Å². The third kappa shape index (κ3) is 3.11. The molecule has 26 heavy (non-hydrogen) atoms. The molecule has 0 bridgehead atoms. The summed E-state index contributed by atoms with van der Waals surface area (Å²) >= 11 is 1.37. The lowest BCUT2D eigenvalue weighted by molar-refractivity contribution is -0.116. The van der Waals surface area contributed by atoms with Crippen molar-refractivity contribution >= 4 is 34.0 Å². The molecule has 0 saturated heterocycles. The highest BCUT2D eigenvalue weighted by Gasteiger charge is 2.17. The van der Waals surface area contributed by atoms with Crippen LogP contribution in [-0.2, 0) is 18.3 Å². The number of nitrogens with zero attached hydrogens (tertiary/aromatic N) is 3. The number of hydrogen-bond donors (Lipinski definition) is 2. The normalized spacial score (nSPS) is 13.2.